The molecule has 2 N–H and O–H groups in total. The zero-order valence-electron chi connectivity index (χ0n) is 8.78. The highest BCUT2D eigenvalue weighted by atomic mass is 16.5. The van der Waals surface area contributed by atoms with Crippen molar-refractivity contribution >= 4 is 0 Å². The SMILES string of the molecule is COc1cc(C2(O)CC2)cc(O)c1OC. The molecule has 1 aromatic carbocycles. The Labute approximate surface area is 88.1 Å². The molecule has 4 nitrogen and oxygen atoms in total. The van der Waals surface area contributed by atoms with Gasteiger partial charge in [0.2, 0.25) is 5.75 Å². The summed E-state index contributed by atoms with van der Waals surface area (Å²) in [5.41, 5.74) is -0.102. The van der Waals surface area contributed by atoms with Gasteiger partial charge in [0.25, 0.3) is 0 Å². The maximum Gasteiger partial charge on any atom is 0.203 e. The van der Waals surface area contributed by atoms with Gasteiger partial charge in [-0.15, -0.1) is 0 Å². The summed E-state index contributed by atoms with van der Waals surface area (Å²) in [5.74, 6) is 0.727. The van der Waals surface area contributed by atoms with Crippen molar-refractivity contribution in [2.45, 2.75) is 18.4 Å². The molecule has 0 unspecified atom stereocenters. The molecule has 0 aliphatic heterocycles. The number of aliphatic hydroxyl groups is 1. The van der Waals surface area contributed by atoms with Crippen LogP contribution in [0.5, 0.6) is 17.2 Å². The van der Waals surface area contributed by atoms with Crippen molar-refractivity contribution in [2.24, 2.45) is 0 Å². The lowest BCUT2D eigenvalue weighted by Gasteiger charge is -2.14. The van der Waals surface area contributed by atoms with E-state index >= 15 is 0 Å². The van der Waals surface area contributed by atoms with Crippen LogP contribution in [0, 0.1) is 0 Å². The van der Waals surface area contributed by atoms with Crippen LogP contribution in [0.15, 0.2) is 12.1 Å². The molecular weight excluding hydrogens is 196 g/mol. The summed E-state index contributed by atoms with van der Waals surface area (Å²) in [6.45, 7) is 0. The first kappa shape index (κ1) is 10.1. The molecule has 1 aromatic rings. The summed E-state index contributed by atoms with van der Waals surface area (Å²) < 4.78 is 10.1. The average molecular weight is 210 g/mol. The molecule has 1 saturated carbocycles. The monoisotopic (exact) mass is 210 g/mol. The predicted molar refractivity (Wildman–Crippen MR) is 54.3 cm³/mol. The Kier molecular flexibility index (Phi) is 2.23. The van der Waals surface area contributed by atoms with Crippen LogP contribution in [0.3, 0.4) is 0 Å². The van der Waals surface area contributed by atoms with Gasteiger partial charge in [-0.2, -0.15) is 0 Å². The summed E-state index contributed by atoms with van der Waals surface area (Å²) in [6, 6.07) is 3.22. The van der Waals surface area contributed by atoms with Crippen molar-refractivity contribution in [2.75, 3.05) is 14.2 Å². The largest absolute Gasteiger partial charge is 0.504 e. The minimum atomic E-state index is -0.781. The second-order valence-electron chi connectivity index (χ2n) is 3.76. The lowest BCUT2D eigenvalue weighted by Crippen LogP contribution is -2.05. The number of hydrogen-bond donors (Lipinski definition) is 2. The van der Waals surface area contributed by atoms with Crippen molar-refractivity contribution in [3.05, 3.63) is 17.7 Å². The molecule has 2 rings (SSSR count). The van der Waals surface area contributed by atoms with Crippen LogP contribution in [0.4, 0.5) is 0 Å². The zero-order chi connectivity index (χ0) is 11.1. The zero-order valence-corrected chi connectivity index (χ0v) is 8.78. The van der Waals surface area contributed by atoms with Crippen LogP contribution in [-0.2, 0) is 5.60 Å². The number of benzene rings is 1. The second kappa shape index (κ2) is 3.31. The van der Waals surface area contributed by atoms with E-state index in [2.05, 4.69) is 0 Å². The molecule has 0 atom stereocenters. The lowest BCUT2D eigenvalue weighted by atomic mass is 10.1. The Morgan fingerprint density at radius 1 is 1.20 bits per heavy atom. The van der Waals surface area contributed by atoms with E-state index in [4.69, 9.17) is 9.47 Å². The van der Waals surface area contributed by atoms with Crippen molar-refractivity contribution in [3.8, 4) is 17.2 Å². The summed E-state index contributed by atoms with van der Waals surface area (Å²) >= 11 is 0. The number of phenolic OH excluding ortho intramolecular Hbond substituents is 1. The predicted octanol–water partition coefficient (Wildman–Crippen LogP) is 1.39. The first-order valence-electron chi connectivity index (χ1n) is 4.78. The highest BCUT2D eigenvalue weighted by Crippen LogP contribution is 2.49. The third-order valence-corrected chi connectivity index (χ3v) is 2.72. The van der Waals surface area contributed by atoms with Crippen LogP contribution in [0.2, 0.25) is 0 Å². The molecule has 1 fully saturated rings. The quantitative estimate of drug-likeness (QED) is 0.791. The third-order valence-electron chi connectivity index (χ3n) is 2.72. The summed E-state index contributed by atoms with van der Waals surface area (Å²) in [5, 5.41) is 19.6. The number of hydrogen-bond acceptors (Lipinski definition) is 4. The van der Waals surface area contributed by atoms with E-state index in [0.717, 1.165) is 12.8 Å². The van der Waals surface area contributed by atoms with Crippen molar-refractivity contribution in [1.29, 1.82) is 0 Å². The molecule has 0 heterocycles. The molecular formula is C11H14O4. The summed E-state index contributed by atoms with van der Waals surface area (Å²) in [7, 11) is 2.96. The smallest absolute Gasteiger partial charge is 0.203 e. The highest BCUT2D eigenvalue weighted by molar-refractivity contribution is 5.54. The van der Waals surface area contributed by atoms with Crippen LogP contribution in [0.1, 0.15) is 18.4 Å². The van der Waals surface area contributed by atoms with Crippen LogP contribution in [-0.4, -0.2) is 24.4 Å². The number of methoxy groups -OCH3 is 2. The van der Waals surface area contributed by atoms with E-state index in [9.17, 15) is 10.2 Å². The number of rotatable bonds is 3. The Morgan fingerprint density at radius 2 is 1.87 bits per heavy atom. The first-order chi connectivity index (χ1) is 7.10. The third kappa shape index (κ3) is 1.61. The van der Waals surface area contributed by atoms with Gasteiger partial charge in [0.05, 0.1) is 19.8 Å². The van der Waals surface area contributed by atoms with Gasteiger partial charge in [-0.3, -0.25) is 0 Å². The fourth-order valence-corrected chi connectivity index (χ4v) is 1.62. The molecule has 0 radical (unpaired) electrons. The number of ether oxygens (including phenoxy) is 2. The van der Waals surface area contributed by atoms with Crippen molar-refractivity contribution in [3.63, 3.8) is 0 Å². The van der Waals surface area contributed by atoms with Gasteiger partial charge in [-0.25, -0.2) is 0 Å². The van der Waals surface area contributed by atoms with E-state index in [1.165, 1.54) is 20.3 Å². The summed E-state index contributed by atoms with van der Waals surface area (Å²) in [6.07, 6.45) is 1.45. The van der Waals surface area contributed by atoms with Crippen LogP contribution >= 0.6 is 0 Å². The fourth-order valence-electron chi connectivity index (χ4n) is 1.62. The van der Waals surface area contributed by atoms with Gasteiger partial charge in [0.1, 0.15) is 0 Å². The van der Waals surface area contributed by atoms with Crippen molar-refractivity contribution in [1.82, 2.24) is 0 Å². The average Bonchev–Trinajstić information content (AvgIpc) is 2.96. The van der Waals surface area contributed by atoms with Crippen molar-refractivity contribution < 1.29 is 19.7 Å². The normalized spacial score (nSPS) is 17.3. The van der Waals surface area contributed by atoms with Crippen LogP contribution in [0.25, 0.3) is 0 Å². The second-order valence-corrected chi connectivity index (χ2v) is 3.76. The Balaban J connectivity index is 2.48. The molecule has 1 aliphatic rings. The number of aromatic hydroxyl groups is 1. The van der Waals surface area contributed by atoms with Gasteiger partial charge >= 0.3 is 0 Å². The minimum Gasteiger partial charge on any atom is -0.504 e. The van der Waals surface area contributed by atoms with Gasteiger partial charge in [0.15, 0.2) is 11.5 Å². The van der Waals surface area contributed by atoms with Crippen LogP contribution < -0.4 is 9.47 Å². The fraction of sp³-hybridized carbons (Fsp3) is 0.455. The molecule has 0 bridgehead atoms. The topological polar surface area (TPSA) is 58.9 Å². The molecule has 0 spiro atoms. The van der Waals surface area contributed by atoms with Gasteiger partial charge in [-0.1, -0.05) is 0 Å². The van der Waals surface area contributed by atoms with Gasteiger partial charge in [-0.05, 0) is 30.5 Å². The molecule has 15 heavy (non-hydrogen) atoms. The van der Waals surface area contributed by atoms with E-state index in [1.54, 1.807) is 6.07 Å². The first-order valence-corrected chi connectivity index (χ1v) is 4.78. The standard InChI is InChI=1S/C11H14O4/c1-14-9-6-7(11(13)3-4-11)5-8(12)10(9)15-2/h5-6,12-13H,3-4H2,1-2H3. The van der Waals surface area contributed by atoms with Gasteiger partial charge < -0.3 is 19.7 Å². The molecule has 4 heteroatoms. The van der Waals surface area contributed by atoms with E-state index < -0.39 is 5.60 Å². The van der Waals surface area contributed by atoms with Gasteiger partial charge in [0, 0.05) is 0 Å². The molecule has 1 aliphatic carbocycles. The molecule has 0 aromatic heterocycles. The van der Waals surface area contributed by atoms with E-state index in [0.29, 0.717) is 17.1 Å². The summed E-state index contributed by atoms with van der Waals surface area (Å²) in [4.78, 5) is 0. The Morgan fingerprint density at radius 3 is 2.33 bits per heavy atom. The molecule has 0 saturated heterocycles. The molecule has 82 valence electrons. The Hall–Kier alpha value is -1.42. The highest BCUT2D eigenvalue weighted by Gasteiger charge is 2.43. The maximum absolute atomic E-state index is 9.90. The minimum absolute atomic E-state index is 0.00725. The molecule has 0 amide bonds. The Bertz CT molecular complexity index is 382. The maximum atomic E-state index is 9.90. The van der Waals surface area contributed by atoms with E-state index in [-0.39, 0.29) is 5.75 Å². The lowest BCUT2D eigenvalue weighted by molar-refractivity contribution is 0.150. The number of phenols is 1. The van der Waals surface area contributed by atoms with E-state index in [1.807, 2.05) is 0 Å².